The van der Waals surface area contributed by atoms with Crippen molar-refractivity contribution in [3.8, 4) is 10.6 Å². The summed E-state index contributed by atoms with van der Waals surface area (Å²) in [5, 5.41) is 4.51. The Morgan fingerprint density at radius 1 is 1.11 bits per heavy atom. The Morgan fingerprint density at radius 2 is 1.82 bits per heavy atom. The number of amides is 1. The third-order valence-electron chi connectivity index (χ3n) is 5.26. The molecular formula is C22H21ClN2O2S. The number of carbonyl (C=O) groups excluding carboxylic acids is 1. The van der Waals surface area contributed by atoms with Crippen LogP contribution in [0.15, 0.2) is 60.8 Å². The van der Waals surface area contributed by atoms with Crippen molar-refractivity contribution < 1.29 is 9.53 Å². The summed E-state index contributed by atoms with van der Waals surface area (Å²) in [6.45, 7) is 2.00. The van der Waals surface area contributed by atoms with Crippen molar-refractivity contribution in [1.29, 1.82) is 0 Å². The molecule has 6 heteroatoms. The van der Waals surface area contributed by atoms with Crippen molar-refractivity contribution in [1.82, 2.24) is 10.3 Å². The van der Waals surface area contributed by atoms with Gasteiger partial charge in [-0.3, -0.25) is 4.79 Å². The second kappa shape index (κ2) is 8.43. The second-order valence-electron chi connectivity index (χ2n) is 6.95. The first kappa shape index (κ1) is 19.1. The Hall–Kier alpha value is -2.21. The van der Waals surface area contributed by atoms with E-state index < -0.39 is 0 Å². The Balaban J connectivity index is 1.50. The Morgan fingerprint density at radius 3 is 2.57 bits per heavy atom. The van der Waals surface area contributed by atoms with E-state index in [2.05, 4.69) is 22.4 Å². The van der Waals surface area contributed by atoms with Crippen LogP contribution in [0.3, 0.4) is 0 Å². The first-order valence-corrected chi connectivity index (χ1v) is 10.5. The third kappa shape index (κ3) is 3.97. The van der Waals surface area contributed by atoms with E-state index in [1.54, 1.807) is 6.20 Å². The van der Waals surface area contributed by atoms with Gasteiger partial charge in [0.25, 0.3) is 5.91 Å². The van der Waals surface area contributed by atoms with Crippen LogP contribution in [0.4, 0.5) is 0 Å². The molecule has 1 aliphatic rings. The normalized spacial score (nSPS) is 15.9. The molecule has 0 spiro atoms. The summed E-state index contributed by atoms with van der Waals surface area (Å²) < 4.78 is 5.57. The molecule has 4 rings (SSSR count). The lowest BCUT2D eigenvalue weighted by Gasteiger charge is -2.37. The summed E-state index contributed by atoms with van der Waals surface area (Å²) in [7, 11) is 0. The Kier molecular flexibility index (Phi) is 5.76. The molecule has 0 atom stereocenters. The van der Waals surface area contributed by atoms with Gasteiger partial charge in [0, 0.05) is 30.7 Å². The smallest absolute Gasteiger partial charge is 0.263 e. The largest absolute Gasteiger partial charge is 0.381 e. The number of aromatic nitrogens is 1. The van der Waals surface area contributed by atoms with Crippen LogP contribution >= 0.6 is 22.9 Å². The van der Waals surface area contributed by atoms with Crippen LogP contribution in [0, 0.1) is 0 Å². The topological polar surface area (TPSA) is 51.2 Å². The van der Waals surface area contributed by atoms with Crippen LogP contribution in [0.25, 0.3) is 10.6 Å². The molecule has 28 heavy (non-hydrogen) atoms. The number of ether oxygens (including phenoxy) is 1. The lowest BCUT2D eigenvalue weighted by Crippen LogP contribution is -2.44. The molecule has 0 aliphatic carbocycles. The number of rotatable bonds is 5. The molecule has 1 aliphatic heterocycles. The van der Waals surface area contributed by atoms with Crippen molar-refractivity contribution in [2.75, 3.05) is 19.8 Å². The van der Waals surface area contributed by atoms with Gasteiger partial charge < -0.3 is 10.1 Å². The summed E-state index contributed by atoms with van der Waals surface area (Å²) in [5.41, 5.74) is 2.00. The number of halogens is 1. The zero-order valence-electron chi connectivity index (χ0n) is 15.4. The van der Waals surface area contributed by atoms with E-state index in [4.69, 9.17) is 16.3 Å². The van der Waals surface area contributed by atoms with Crippen LogP contribution in [-0.4, -0.2) is 30.6 Å². The molecule has 1 amide bonds. The van der Waals surface area contributed by atoms with Crippen LogP contribution in [0.1, 0.15) is 28.1 Å². The van der Waals surface area contributed by atoms with Crippen molar-refractivity contribution in [3.05, 3.63) is 76.3 Å². The van der Waals surface area contributed by atoms with E-state index in [0.29, 0.717) is 29.7 Å². The molecule has 0 unspecified atom stereocenters. The van der Waals surface area contributed by atoms with Crippen LogP contribution < -0.4 is 5.32 Å². The Labute approximate surface area is 173 Å². The van der Waals surface area contributed by atoms with E-state index in [1.807, 2.05) is 42.5 Å². The predicted molar refractivity (Wildman–Crippen MR) is 113 cm³/mol. The summed E-state index contributed by atoms with van der Waals surface area (Å²) in [6, 6.07) is 17.9. The van der Waals surface area contributed by atoms with Crippen molar-refractivity contribution in [2.24, 2.45) is 0 Å². The lowest BCUT2D eigenvalue weighted by atomic mass is 9.74. The van der Waals surface area contributed by atoms with E-state index in [-0.39, 0.29) is 11.3 Å². The predicted octanol–water partition coefficient (Wildman–Crippen LogP) is 4.94. The molecular weight excluding hydrogens is 392 g/mol. The van der Waals surface area contributed by atoms with Gasteiger partial charge in [-0.25, -0.2) is 4.98 Å². The van der Waals surface area contributed by atoms with Crippen molar-refractivity contribution >= 4 is 28.8 Å². The molecule has 144 valence electrons. The first-order chi connectivity index (χ1) is 13.7. The number of hydrogen-bond donors (Lipinski definition) is 1. The number of hydrogen-bond acceptors (Lipinski definition) is 4. The minimum atomic E-state index is -0.0994. The molecule has 1 fully saturated rings. The monoisotopic (exact) mass is 412 g/mol. The van der Waals surface area contributed by atoms with Gasteiger partial charge in [-0.15, -0.1) is 11.3 Å². The number of carbonyl (C=O) groups is 1. The SMILES string of the molecule is O=C(NCC1(c2ccccc2)CCOCC1)c1cnc(-c2ccccc2Cl)s1. The van der Waals surface area contributed by atoms with Gasteiger partial charge >= 0.3 is 0 Å². The minimum Gasteiger partial charge on any atom is -0.381 e. The molecule has 2 aromatic carbocycles. The van der Waals surface area contributed by atoms with Gasteiger partial charge in [-0.2, -0.15) is 0 Å². The zero-order chi connectivity index (χ0) is 19.4. The molecule has 0 saturated carbocycles. The number of nitrogens with one attached hydrogen (secondary N) is 1. The maximum atomic E-state index is 12.8. The molecule has 1 aromatic heterocycles. The molecule has 1 N–H and O–H groups in total. The summed E-state index contributed by atoms with van der Waals surface area (Å²) >= 11 is 7.61. The van der Waals surface area contributed by atoms with Gasteiger partial charge in [-0.05, 0) is 24.5 Å². The Bertz CT molecular complexity index is 952. The average molecular weight is 413 g/mol. The van der Waals surface area contributed by atoms with Gasteiger partial charge in [0.2, 0.25) is 0 Å². The standard InChI is InChI=1S/C22H21ClN2O2S/c23-18-9-5-4-8-17(18)21-24-14-19(28-21)20(26)25-15-22(10-12-27-13-11-22)16-6-2-1-3-7-16/h1-9,14H,10-13,15H2,(H,25,26). The fourth-order valence-corrected chi connectivity index (χ4v) is 4.75. The summed E-state index contributed by atoms with van der Waals surface area (Å²) in [5.74, 6) is -0.0994. The molecule has 0 radical (unpaired) electrons. The highest BCUT2D eigenvalue weighted by Crippen LogP contribution is 2.35. The van der Waals surface area contributed by atoms with Gasteiger partial charge in [-0.1, -0.05) is 60.1 Å². The molecule has 1 saturated heterocycles. The van der Waals surface area contributed by atoms with Crippen LogP contribution in [-0.2, 0) is 10.2 Å². The number of thiazole rings is 1. The fourth-order valence-electron chi connectivity index (χ4n) is 3.60. The molecule has 3 aromatic rings. The van der Waals surface area contributed by atoms with E-state index in [0.717, 1.165) is 23.4 Å². The molecule has 0 bridgehead atoms. The highest BCUT2D eigenvalue weighted by Gasteiger charge is 2.35. The van der Waals surface area contributed by atoms with E-state index in [1.165, 1.54) is 16.9 Å². The second-order valence-corrected chi connectivity index (χ2v) is 8.39. The average Bonchev–Trinajstić information content (AvgIpc) is 3.24. The highest BCUT2D eigenvalue weighted by atomic mass is 35.5. The zero-order valence-corrected chi connectivity index (χ0v) is 16.9. The van der Waals surface area contributed by atoms with Crippen molar-refractivity contribution in [2.45, 2.75) is 18.3 Å². The minimum absolute atomic E-state index is 0.0918. The van der Waals surface area contributed by atoms with Gasteiger partial charge in [0.05, 0.1) is 11.2 Å². The first-order valence-electron chi connectivity index (χ1n) is 9.30. The molecule has 4 nitrogen and oxygen atoms in total. The summed E-state index contributed by atoms with van der Waals surface area (Å²) in [6.07, 6.45) is 3.41. The van der Waals surface area contributed by atoms with E-state index in [9.17, 15) is 4.79 Å². The van der Waals surface area contributed by atoms with Gasteiger partial charge in [0.1, 0.15) is 9.88 Å². The van der Waals surface area contributed by atoms with Crippen LogP contribution in [0.5, 0.6) is 0 Å². The summed E-state index contributed by atoms with van der Waals surface area (Å²) in [4.78, 5) is 17.8. The quantitative estimate of drug-likeness (QED) is 0.645. The van der Waals surface area contributed by atoms with Crippen LogP contribution in [0.2, 0.25) is 5.02 Å². The number of benzene rings is 2. The fraction of sp³-hybridized carbons (Fsp3) is 0.273. The third-order valence-corrected chi connectivity index (χ3v) is 6.62. The lowest BCUT2D eigenvalue weighted by molar-refractivity contribution is 0.0487. The molecule has 2 heterocycles. The number of nitrogens with zero attached hydrogens (tertiary/aromatic N) is 1. The van der Waals surface area contributed by atoms with Gasteiger partial charge in [0.15, 0.2) is 0 Å². The highest BCUT2D eigenvalue weighted by molar-refractivity contribution is 7.17. The van der Waals surface area contributed by atoms with E-state index >= 15 is 0 Å². The maximum Gasteiger partial charge on any atom is 0.263 e. The van der Waals surface area contributed by atoms with Crippen molar-refractivity contribution in [3.63, 3.8) is 0 Å². The maximum absolute atomic E-state index is 12.8.